The zero-order valence-corrected chi connectivity index (χ0v) is 14.1. The summed E-state index contributed by atoms with van der Waals surface area (Å²) in [7, 11) is 0. The van der Waals surface area contributed by atoms with Gasteiger partial charge in [0.15, 0.2) is 0 Å². The molecule has 1 aromatic carbocycles. The first-order valence-electron chi connectivity index (χ1n) is 7.40. The third kappa shape index (κ3) is 6.98. The summed E-state index contributed by atoms with van der Waals surface area (Å²) in [5.74, 6) is 0. The maximum Gasteiger partial charge on any atom is 0.319 e. The SMILES string of the molecule is Cc1ccccc1/C=C/NC(=O)NC(C)(C)CC(C)(C)C. The van der Waals surface area contributed by atoms with Crippen LogP contribution in [-0.4, -0.2) is 11.6 Å². The minimum Gasteiger partial charge on any atom is -0.333 e. The lowest BCUT2D eigenvalue weighted by Gasteiger charge is -2.33. The van der Waals surface area contributed by atoms with Gasteiger partial charge >= 0.3 is 6.03 Å². The molecular weight excluding hydrogens is 260 g/mol. The van der Waals surface area contributed by atoms with E-state index in [9.17, 15) is 4.79 Å². The predicted octanol–water partition coefficient (Wildman–Crippen LogP) is 4.48. The Balaban J connectivity index is 2.53. The Hall–Kier alpha value is -1.77. The molecule has 0 aromatic heterocycles. The van der Waals surface area contributed by atoms with Crippen molar-refractivity contribution in [1.82, 2.24) is 10.6 Å². The van der Waals surface area contributed by atoms with Gasteiger partial charge in [-0.15, -0.1) is 0 Å². The lowest BCUT2D eigenvalue weighted by atomic mass is 9.82. The smallest absolute Gasteiger partial charge is 0.319 e. The standard InChI is InChI=1S/C18H28N2O/c1-14-9-7-8-10-15(14)11-12-19-16(21)20-18(5,6)13-17(2,3)4/h7-12H,13H2,1-6H3,(H2,19,20,21)/b12-11+. The summed E-state index contributed by atoms with van der Waals surface area (Å²) in [5.41, 5.74) is 2.22. The minimum absolute atomic E-state index is 0.172. The third-order valence-electron chi connectivity index (χ3n) is 3.09. The molecule has 0 aliphatic rings. The summed E-state index contributed by atoms with van der Waals surface area (Å²) >= 11 is 0. The van der Waals surface area contributed by atoms with Crippen molar-refractivity contribution in [3.63, 3.8) is 0 Å². The second-order valence-corrected chi connectivity index (χ2v) is 7.41. The molecule has 3 nitrogen and oxygen atoms in total. The molecule has 0 saturated heterocycles. The molecule has 0 unspecified atom stereocenters. The van der Waals surface area contributed by atoms with E-state index in [0.717, 1.165) is 12.0 Å². The second kappa shape index (κ2) is 6.79. The first-order valence-corrected chi connectivity index (χ1v) is 7.40. The van der Waals surface area contributed by atoms with Gasteiger partial charge in [-0.2, -0.15) is 0 Å². The summed E-state index contributed by atoms with van der Waals surface area (Å²) in [6.45, 7) is 12.7. The van der Waals surface area contributed by atoms with Crippen LogP contribution in [0.3, 0.4) is 0 Å². The van der Waals surface area contributed by atoms with E-state index in [1.807, 2.05) is 51.1 Å². The van der Waals surface area contributed by atoms with Crippen LogP contribution in [0.15, 0.2) is 30.5 Å². The van der Waals surface area contributed by atoms with Crippen molar-refractivity contribution >= 4 is 12.1 Å². The van der Waals surface area contributed by atoms with Gasteiger partial charge in [-0.05, 0) is 49.8 Å². The summed E-state index contributed by atoms with van der Waals surface area (Å²) < 4.78 is 0. The maximum atomic E-state index is 11.9. The van der Waals surface area contributed by atoms with Crippen molar-refractivity contribution in [3.8, 4) is 0 Å². The minimum atomic E-state index is -0.237. The van der Waals surface area contributed by atoms with Gasteiger partial charge in [0.05, 0.1) is 0 Å². The Labute approximate surface area is 128 Å². The Kier molecular flexibility index (Phi) is 5.59. The van der Waals surface area contributed by atoms with Gasteiger partial charge in [-0.1, -0.05) is 45.0 Å². The number of benzene rings is 1. The van der Waals surface area contributed by atoms with Gasteiger partial charge in [-0.25, -0.2) is 4.79 Å². The van der Waals surface area contributed by atoms with Crippen molar-refractivity contribution in [2.24, 2.45) is 5.41 Å². The van der Waals surface area contributed by atoms with Gasteiger partial charge in [-0.3, -0.25) is 0 Å². The van der Waals surface area contributed by atoms with Crippen molar-refractivity contribution in [3.05, 3.63) is 41.6 Å². The van der Waals surface area contributed by atoms with Crippen LogP contribution in [0.2, 0.25) is 0 Å². The fourth-order valence-corrected chi connectivity index (χ4v) is 2.69. The molecule has 0 radical (unpaired) electrons. The van der Waals surface area contributed by atoms with Gasteiger partial charge < -0.3 is 10.6 Å². The van der Waals surface area contributed by atoms with Crippen LogP contribution in [0.25, 0.3) is 6.08 Å². The summed E-state index contributed by atoms with van der Waals surface area (Å²) in [6, 6.07) is 7.89. The van der Waals surface area contributed by atoms with Crippen molar-refractivity contribution in [2.75, 3.05) is 0 Å². The third-order valence-corrected chi connectivity index (χ3v) is 3.09. The van der Waals surface area contributed by atoms with Crippen LogP contribution in [0.1, 0.15) is 52.2 Å². The number of rotatable bonds is 4. The zero-order valence-electron chi connectivity index (χ0n) is 14.1. The molecule has 0 atom stereocenters. The number of hydrogen-bond acceptors (Lipinski definition) is 1. The number of carbonyl (C=O) groups is 1. The average molecular weight is 288 g/mol. The Morgan fingerprint density at radius 3 is 2.33 bits per heavy atom. The molecule has 0 spiro atoms. The highest BCUT2D eigenvalue weighted by atomic mass is 16.2. The van der Waals surface area contributed by atoms with E-state index in [1.54, 1.807) is 6.20 Å². The molecule has 21 heavy (non-hydrogen) atoms. The van der Waals surface area contributed by atoms with Crippen molar-refractivity contribution < 1.29 is 4.79 Å². The number of nitrogens with one attached hydrogen (secondary N) is 2. The molecule has 3 heteroatoms. The first-order chi connectivity index (χ1) is 9.59. The molecular formula is C18H28N2O. The average Bonchev–Trinajstić information content (AvgIpc) is 2.27. The van der Waals surface area contributed by atoms with E-state index < -0.39 is 0 Å². The van der Waals surface area contributed by atoms with Crippen LogP contribution in [0.5, 0.6) is 0 Å². The normalized spacial score (nSPS) is 12.5. The van der Waals surface area contributed by atoms with Gasteiger partial charge in [0.25, 0.3) is 0 Å². The zero-order chi connectivity index (χ0) is 16.1. The fourth-order valence-electron chi connectivity index (χ4n) is 2.69. The fraction of sp³-hybridized carbons (Fsp3) is 0.500. The van der Waals surface area contributed by atoms with E-state index in [2.05, 4.69) is 31.4 Å². The number of carbonyl (C=O) groups excluding carboxylic acids is 1. The highest BCUT2D eigenvalue weighted by Gasteiger charge is 2.26. The summed E-state index contributed by atoms with van der Waals surface area (Å²) in [6.07, 6.45) is 4.51. The molecule has 1 rings (SSSR count). The molecule has 2 N–H and O–H groups in total. The first kappa shape index (κ1) is 17.3. The lowest BCUT2D eigenvalue weighted by molar-refractivity contribution is 0.213. The molecule has 2 amide bonds. The van der Waals surface area contributed by atoms with Crippen molar-refractivity contribution in [2.45, 2.75) is 53.5 Å². The Morgan fingerprint density at radius 2 is 1.76 bits per heavy atom. The number of hydrogen-bond donors (Lipinski definition) is 2. The topological polar surface area (TPSA) is 41.1 Å². The molecule has 0 heterocycles. The molecule has 0 aliphatic carbocycles. The van der Waals surface area contributed by atoms with E-state index >= 15 is 0 Å². The number of urea groups is 1. The highest BCUT2D eigenvalue weighted by molar-refractivity contribution is 5.76. The quantitative estimate of drug-likeness (QED) is 0.842. The summed E-state index contributed by atoms with van der Waals surface area (Å²) in [4.78, 5) is 11.9. The molecule has 0 fully saturated rings. The summed E-state index contributed by atoms with van der Waals surface area (Å²) in [5, 5.41) is 5.78. The molecule has 0 bridgehead atoms. The van der Waals surface area contributed by atoms with Crippen LogP contribution < -0.4 is 10.6 Å². The molecule has 116 valence electrons. The van der Waals surface area contributed by atoms with E-state index in [4.69, 9.17) is 0 Å². The monoisotopic (exact) mass is 288 g/mol. The second-order valence-electron chi connectivity index (χ2n) is 7.41. The van der Waals surface area contributed by atoms with Gasteiger partial charge in [0.1, 0.15) is 0 Å². The van der Waals surface area contributed by atoms with Crippen LogP contribution >= 0.6 is 0 Å². The highest BCUT2D eigenvalue weighted by Crippen LogP contribution is 2.26. The van der Waals surface area contributed by atoms with Crippen LogP contribution in [0, 0.1) is 12.3 Å². The predicted molar refractivity (Wildman–Crippen MR) is 90.0 cm³/mol. The van der Waals surface area contributed by atoms with Crippen molar-refractivity contribution in [1.29, 1.82) is 0 Å². The molecule has 1 aromatic rings. The van der Waals surface area contributed by atoms with E-state index in [1.165, 1.54) is 5.56 Å². The molecule has 0 saturated carbocycles. The van der Waals surface area contributed by atoms with Crippen LogP contribution in [0.4, 0.5) is 4.79 Å². The molecule has 0 aliphatic heterocycles. The van der Waals surface area contributed by atoms with Gasteiger partial charge in [0.2, 0.25) is 0 Å². The number of amides is 2. The Morgan fingerprint density at radius 1 is 1.14 bits per heavy atom. The van der Waals surface area contributed by atoms with E-state index in [0.29, 0.717) is 0 Å². The lowest BCUT2D eigenvalue weighted by Crippen LogP contribution is -2.48. The largest absolute Gasteiger partial charge is 0.333 e. The maximum absolute atomic E-state index is 11.9. The Bertz CT molecular complexity index is 510. The number of aryl methyl sites for hydroxylation is 1. The van der Waals surface area contributed by atoms with E-state index in [-0.39, 0.29) is 17.0 Å². The van der Waals surface area contributed by atoms with Crippen LogP contribution in [-0.2, 0) is 0 Å². The van der Waals surface area contributed by atoms with Gasteiger partial charge in [0, 0.05) is 11.7 Å².